The Hall–Kier alpha value is -0.460. The second-order valence-corrected chi connectivity index (χ2v) is 7.64. The van der Waals surface area contributed by atoms with Crippen molar-refractivity contribution in [1.82, 2.24) is 9.97 Å². The van der Waals surface area contributed by atoms with Gasteiger partial charge < -0.3 is 0 Å². The highest BCUT2D eigenvalue weighted by Crippen LogP contribution is 2.19. The second kappa shape index (κ2) is 6.12. The number of thioether (sulfide) groups is 1. The maximum absolute atomic E-state index is 11.9. The summed E-state index contributed by atoms with van der Waals surface area (Å²) in [5.41, 5.74) is 1.20. The molecule has 0 amide bonds. The Morgan fingerprint density at radius 1 is 1.50 bits per heavy atom. The molecule has 1 heterocycles. The molecule has 0 aliphatic rings. The number of nitrogens with zero attached hydrogens (tertiary/aromatic N) is 3. The van der Waals surface area contributed by atoms with E-state index < -0.39 is 15.7 Å². The molecule has 18 heavy (non-hydrogen) atoms. The van der Waals surface area contributed by atoms with Crippen molar-refractivity contribution in [3.05, 3.63) is 16.9 Å². The van der Waals surface area contributed by atoms with Crippen LogP contribution in [0.1, 0.15) is 33.3 Å². The smallest absolute Gasteiger partial charge is 0.188 e. The molecule has 0 aliphatic carbocycles. The molecule has 4 nitrogen and oxygen atoms in total. The van der Waals surface area contributed by atoms with E-state index in [2.05, 4.69) is 14.4 Å². The molecular formula is C11H16ClN3OS2. The van der Waals surface area contributed by atoms with Crippen molar-refractivity contribution < 1.29 is 4.21 Å². The lowest BCUT2D eigenvalue weighted by atomic mass is 10.2. The van der Waals surface area contributed by atoms with Crippen LogP contribution in [-0.2, 0) is 11.0 Å². The van der Waals surface area contributed by atoms with Crippen LogP contribution in [-0.4, -0.2) is 30.9 Å². The van der Waals surface area contributed by atoms with E-state index in [9.17, 15) is 4.21 Å². The summed E-state index contributed by atoms with van der Waals surface area (Å²) in [6.07, 6.45) is 3.49. The maximum atomic E-state index is 11.9. The molecule has 0 spiro atoms. The van der Waals surface area contributed by atoms with Gasteiger partial charge in [-0.1, -0.05) is 23.4 Å². The molecule has 0 aliphatic heterocycles. The van der Waals surface area contributed by atoms with E-state index >= 15 is 0 Å². The van der Waals surface area contributed by atoms with E-state index in [0.29, 0.717) is 21.6 Å². The third kappa shape index (κ3) is 4.03. The zero-order chi connectivity index (χ0) is 13.9. The Morgan fingerprint density at radius 2 is 2.11 bits per heavy atom. The quantitative estimate of drug-likeness (QED) is 0.373. The van der Waals surface area contributed by atoms with Gasteiger partial charge >= 0.3 is 0 Å². The first kappa shape index (κ1) is 15.6. The van der Waals surface area contributed by atoms with Crippen LogP contribution in [0.25, 0.3) is 0 Å². The lowest BCUT2D eigenvalue weighted by molar-refractivity contribution is 0.650. The molecule has 0 radical (unpaired) electrons. The first-order valence-electron chi connectivity index (χ1n) is 5.30. The largest absolute Gasteiger partial charge is 0.234 e. The van der Waals surface area contributed by atoms with Crippen molar-refractivity contribution in [2.24, 2.45) is 4.40 Å². The van der Waals surface area contributed by atoms with Crippen molar-refractivity contribution >= 4 is 40.1 Å². The van der Waals surface area contributed by atoms with Crippen LogP contribution in [0.3, 0.4) is 0 Å². The highest BCUT2D eigenvalue weighted by molar-refractivity contribution is 7.98. The predicted molar refractivity (Wildman–Crippen MR) is 78.9 cm³/mol. The Balaban J connectivity index is 3.08. The van der Waals surface area contributed by atoms with Crippen LogP contribution in [0.15, 0.2) is 15.8 Å². The minimum absolute atomic E-state index is 0.335. The molecule has 100 valence electrons. The second-order valence-electron chi connectivity index (χ2n) is 4.60. The molecule has 1 aromatic rings. The minimum Gasteiger partial charge on any atom is -0.234 e. The number of aromatic nitrogens is 2. The molecule has 1 atom stereocenters. The summed E-state index contributed by atoms with van der Waals surface area (Å²) in [5.74, 6) is 0. The van der Waals surface area contributed by atoms with Crippen molar-refractivity contribution in [3.8, 4) is 0 Å². The molecule has 0 saturated carbocycles. The van der Waals surface area contributed by atoms with Gasteiger partial charge in [0.25, 0.3) is 0 Å². The van der Waals surface area contributed by atoms with Crippen LogP contribution in [0.4, 0.5) is 0 Å². The maximum Gasteiger partial charge on any atom is 0.188 e. The van der Waals surface area contributed by atoms with Gasteiger partial charge in [0.05, 0.1) is 16.0 Å². The Kier molecular flexibility index (Phi) is 5.31. The summed E-state index contributed by atoms with van der Waals surface area (Å²) in [7, 11) is -1.31. The molecule has 0 bridgehead atoms. The van der Waals surface area contributed by atoms with Crippen molar-refractivity contribution in [2.45, 2.75) is 37.6 Å². The highest BCUT2D eigenvalue weighted by atomic mass is 35.5. The number of halogens is 1. The molecule has 0 unspecified atom stereocenters. The topological polar surface area (TPSA) is 55.2 Å². The fourth-order valence-corrected chi connectivity index (χ4v) is 2.27. The molecule has 0 aromatic carbocycles. The van der Waals surface area contributed by atoms with E-state index in [-0.39, 0.29) is 0 Å². The Morgan fingerprint density at radius 3 is 2.56 bits per heavy atom. The van der Waals surface area contributed by atoms with Crippen molar-refractivity contribution in [3.63, 3.8) is 0 Å². The van der Waals surface area contributed by atoms with E-state index in [1.54, 1.807) is 13.1 Å². The van der Waals surface area contributed by atoms with Crippen LogP contribution in [0.2, 0.25) is 5.15 Å². The molecule has 1 aromatic heterocycles. The zero-order valence-electron chi connectivity index (χ0n) is 11.0. The fourth-order valence-electron chi connectivity index (χ4n) is 0.998. The van der Waals surface area contributed by atoms with E-state index in [1.165, 1.54) is 11.8 Å². The van der Waals surface area contributed by atoms with E-state index in [0.717, 1.165) is 0 Å². The predicted octanol–water partition coefficient (Wildman–Crippen LogP) is 3.12. The van der Waals surface area contributed by atoms with Crippen LogP contribution < -0.4 is 0 Å². The standard InChI is InChI=1S/C11H16ClN3OS2/c1-7(15-18(16)11(2,3)4)8-6-13-10(17-5)14-9(8)12/h6H,1-5H3/t18-/m1/s1. The fraction of sp³-hybridized carbons (Fsp3) is 0.545. The molecular weight excluding hydrogens is 290 g/mol. The lowest BCUT2D eigenvalue weighted by Gasteiger charge is -2.14. The van der Waals surface area contributed by atoms with Crippen molar-refractivity contribution in [2.75, 3.05) is 6.26 Å². The SMILES string of the molecule is CSc1ncc(C(C)=N[S@](=O)C(C)(C)C)c(Cl)n1. The van der Waals surface area contributed by atoms with Gasteiger partial charge in [0.1, 0.15) is 16.1 Å². The first-order valence-corrected chi connectivity index (χ1v) is 8.01. The van der Waals surface area contributed by atoms with Gasteiger partial charge in [0.15, 0.2) is 5.16 Å². The molecule has 0 fully saturated rings. The Labute approximate surface area is 119 Å². The number of rotatable bonds is 3. The number of hydrogen-bond acceptors (Lipinski definition) is 4. The van der Waals surface area contributed by atoms with Gasteiger partial charge in [-0.3, -0.25) is 0 Å². The van der Waals surface area contributed by atoms with Gasteiger partial charge in [-0.05, 0) is 34.0 Å². The molecule has 7 heteroatoms. The Bertz CT molecular complexity index is 498. The third-order valence-corrected chi connectivity index (χ3v) is 4.37. The molecule has 0 N–H and O–H groups in total. The summed E-state index contributed by atoms with van der Waals surface area (Å²) in [6, 6.07) is 0. The summed E-state index contributed by atoms with van der Waals surface area (Å²) in [4.78, 5) is 8.26. The van der Waals surface area contributed by atoms with Gasteiger partial charge in [0, 0.05) is 6.20 Å². The van der Waals surface area contributed by atoms with Crippen LogP contribution in [0, 0.1) is 0 Å². The molecule has 0 saturated heterocycles. The lowest BCUT2D eigenvalue weighted by Crippen LogP contribution is -2.20. The van der Waals surface area contributed by atoms with Gasteiger partial charge in [0.2, 0.25) is 0 Å². The minimum atomic E-state index is -1.31. The van der Waals surface area contributed by atoms with E-state index in [1.807, 2.05) is 27.0 Å². The number of hydrogen-bond donors (Lipinski definition) is 0. The monoisotopic (exact) mass is 305 g/mol. The average molecular weight is 306 g/mol. The molecule has 1 rings (SSSR count). The first-order chi connectivity index (χ1) is 8.25. The summed E-state index contributed by atoms with van der Waals surface area (Å²) >= 11 is 7.47. The van der Waals surface area contributed by atoms with Crippen LogP contribution in [0.5, 0.6) is 0 Å². The van der Waals surface area contributed by atoms with Crippen LogP contribution >= 0.6 is 23.4 Å². The van der Waals surface area contributed by atoms with Gasteiger partial charge in [-0.25, -0.2) is 14.2 Å². The van der Waals surface area contributed by atoms with Gasteiger partial charge in [-0.2, -0.15) is 4.40 Å². The summed E-state index contributed by atoms with van der Waals surface area (Å²) in [6.45, 7) is 7.37. The summed E-state index contributed by atoms with van der Waals surface area (Å²) in [5, 5.41) is 0.940. The average Bonchev–Trinajstić information content (AvgIpc) is 2.27. The normalized spacial score (nSPS) is 14.7. The van der Waals surface area contributed by atoms with E-state index in [4.69, 9.17) is 11.6 Å². The third-order valence-electron chi connectivity index (χ3n) is 2.04. The zero-order valence-corrected chi connectivity index (χ0v) is 13.4. The summed E-state index contributed by atoms with van der Waals surface area (Å²) < 4.78 is 15.7. The highest BCUT2D eigenvalue weighted by Gasteiger charge is 2.20. The van der Waals surface area contributed by atoms with Crippen molar-refractivity contribution in [1.29, 1.82) is 0 Å². The van der Waals surface area contributed by atoms with Gasteiger partial charge in [-0.15, -0.1) is 0 Å².